The zero-order chi connectivity index (χ0) is 17.6. The number of methoxy groups -OCH3 is 1. The molecule has 1 N–H and O–H groups in total. The molecule has 6 heteroatoms. The third kappa shape index (κ3) is 4.94. The molecule has 3 rings (SSSR count). The zero-order valence-corrected chi connectivity index (χ0v) is 15.5. The average Bonchev–Trinajstić information content (AvgIpc) is 3.35. The van der Waals surface area contributed by atoms with Crippen molar-refractivity contribution in [3.8, 4) is 0 Å². The van der Waals surface area contributed by atoms with Crippen molar-refractivity contribution in [2.24, 2.45) is 11.8 Å². The number of nitrogens with one attached hydrogen (secondary N) is 1. The molecule has 142 valence electrons. The molecular formula is C19H33N3O3. The van der Waals surface area contributed by atoms with Crippen LogP contribution in [0.4, 0.5) is 0 Å². The molecule has 1 heterocycles. The van der Waals surface area contributed by atoms with Crippen LogP contribution < -0.4 is 5.32 Å². The minimum Gasteiger partial charge on any atom is -0.385 e. The number of rotatable bonds is 8. The van der Waals surface area contributed by atoms with E-state index >= 15 is 0 Å². The molecule has 0 unspecified atom stereocenters. The fraction of sp³-hybridized carbons (Fsp3) is 0.895. The molecule has 2 amide bonds. The largest absolute Gasteiger partial charge is 0.385 e. The van der Waals surface area contributed by atoms with Crippen LogP contribution in [-0.2, 0) is 14.3 Å². The predicted molar refractivity (Wildman–Crippen MR) is 96.1 cm³/mol. The van der Waals surface area contributed by atoms with Crippen LogP contribution in [0.3, 0.4) is 0 Å². The second-order valence-electron chi connectivity index (χ2n) is 7.76. The molecule has 0 aromatic rings. The first-order valence-electron chi connectivity index (χ1n) is 10.00. The number of carbonyl (C=O) groups is 2. The molecular weight excluding hydrogens is 318 g/mol. The second-order valence-corrected chi connectivity index (χ2v) is 7.76. The summed E-state index contributed by atoms with van der Waals surface area (Å²) in [5.74, 6) is 1.26. The summed E-state index contributed by atoms with van der Waals surface area (Å²) in [6.07, 6.45) is 7.75. The van der Waals surface area contributed by atoms with E-state index in [-0.39, 0.29) is 11.9 Å². The van der Waals surface area contributed by atoms with Crippen LogP contribution in [0.5, 0.6) is 0 Å². The molecule has 0 spiro atoms. The quantitative estimate of drug-likeness (QED) is 0.669. The summed E-state index contributed by atoms with van der Waals surface area (Å²) in [5, 5.41) is 3.11. The highest BCUT2D eigenvalue weighted by Crippen LogP contribution is 2.33. The maximum Gasteiger partial charge on any atom is 0.237 e. The molecule has 1 saturated heterocycles. The maximum absolute atomic E-state index is 12.9. The minimum atomic E-state index is -0.0248. The van der Waals surface area contributed by atoms with E-state index in [9.17, 15) is 9.59 Å². The van der Waals surface area contributed by atoms with Gasteiger partial charge in [0.2, 0.25) is 11.8 Å². The number of piperazine rings is 1. The van der Waals surface area contributed by atoms with E-state index in [0.717, 1.165) is 58.3 Å². The van der Waals surface area contributed by atoms with Crippen LogP contribution in [0.1, 0.15) is 44.9 Å². The van der Waals surface area contributed by atoms with Gasteiger partial charge in [0.1, 0.15) is 0 Å². The van der Waals surface area contributed by atoms with Gasteiger partial charge in [-0.3, -0.25) is 14.5 Å². The van der Waals surface area contributed by atoms with E-state index in [1.807, 2.05) is 4.90 Å². The Bertz CT molecular complexity index is 453. The zero-order valence-electron chi connectivity index (χ0n) is 15.5. The van der Waals surface area contributed by atoms with Gasteiger partial charge in [0, 0.05) is 52.4 Å². The van der Waals surface area contributed by atoms with Crippen molar-refractivity contribution >= 4 is 11.8 Å². The van der Waals surface area contributed by atoms with Crippen LogP contribution >= 0.6 is 0 Å². The van der Waals surface area contributed by atoms with E-state index in [1.54, 1.807) is 7.11 Å². The summed E-state index contributed by atoms with van der Waals surface area (Å²) in [4.78, 5) is 29.4. The van der Waals surface area contributed by atoms with Crippen LogP contribution in [0.15, 0.2) is 0 Å². The summed E-state index contributed by atoms with van der Waals surface area (Å²) in [6, 6.07) is -0.0248. The van der Waals surface area contributed by atoms with E-state index in [4.69, 9.17) is 4.74 Å². The van der Waals surface area contributed by atoms with Gasteiger partial charge >= 0.3 is 0 Å². The fourth-order valence-corrected chi connectivity index (χ4v) is 4.29. The van der Waals surface area contributed by atoms with Crippen molar-refractivity contribution in [1.29, 1.82) is 0 Å². The van der Waals surface area contributed by atoms with E-state index in [1.165, 1.54) is 12.8 Å². The topological polar surface area (TPSA) is 61.9 Å². The second kappa shape index (κ2) is 8.99. The van der Waals surface area contributed by atoms with Gasteiger partial charge in [0.15, 0.2) is 0 Å². The summed E-state index contributed by atoms with van der Waals surface area (Å²) < 4.78 is 5.06. The Kier molecular flexibility index (Phi) is 6.70. The van der Waals surface area contributed by atoms with Gasteiger partial charge in [-0.1, -0.05) is 12.8 Å². The van der Waals surface area contributed by atoms with Crippen molar-refractivity contribution < 1.29 is 14.3 Å². The molecule has 2 saturated carbocycles. The highest BCUT2D eigenvalue weighted by Gasteiger charge is 2.39. The number of carbonyl (C=O) groups excluding carboxylic acids is 2. The molecule has 0 radical (unpaired) electrons. The van der Waals surface area contributed by atoms with Gasteiger partial charge in [-0.2, -0.15) is 0 Å². The number of nitrogens with zero attached hydrogens (tertiary/aromatic N) is 2. The van der Waals surface area contributed by atoms with Crippen LogP contribution in [0, 0.1) is 11.8 Å². The van der Waals surface area contributed by atoms with Crippen LogP contribution in [-0.4, -0.2) is 74.1 Å². The van der Waals surface area contributed by atoms with Gasteiger partial charge in [-0.15, -0.1) is 0 Å². The van der Waals surface area contributed by atoms with E-state index in [0.29, 0.717) is 30.9 Å². The molecule has 6 nitrogen and oxygen atoms in total. The van der Waals surface area contributed by atoms with Gasteiger partial charge in [0.05, 0.1) is 6.04 Å². The third-order valence-corrected chi connectivity index (χ3v) is 5.89. The molecule has 2 aliphatic carbocycles. The monoisotopic (exact) mass is 351 g/mol. The van der Waals surface area contributed by atoms with Crippen molar-refractivity contribution in [3.63, 3.8) is 0 Å². The molecule has 0 aromatic carbocycles. The number of hydrogen-bond donors (Lipinski definition) is 1. The van der Waals surface area contributed by atoms with Crippen LogP contribution in [0.25, 0.3) is 0 Å². The lowest BCUT2D eigenvalue weighted by molar-refractivity contribution is -0.136. The first kappa shape index (κ1) is 18.6. The van der Waals surface area contributed by atoms with E-state index < -0.39 is 0 Å². The lowest BCUT2D eigenvalue weighted by Crippen LogP contribution is -2.58. The van der Waals surface area contributed by atoms with Crippen molar-refractivity contribution in [1.82, 2.24) is 15.1 Å². The lowest BCUT2D eigenvalue weighted by atomic mass is 9.95. The first-order valence-corrected chi connectivity index (χ1v) is 10.00. The number of amides is 2. The van der Waals surface area contributed by atoms with Crippen molar-refractivity contribution in [3.05, 3.63) is 0 Å². The fourth-order valence-electron chi connectivity index (χ4n) is 4.29. The minimum absolute atomic E-state index is 0.0248. The summed E-state index contributed by atoms with van der Waals surface area (Å²) in [6.45, 7) is 4.55. The Hall–Kier alpha value is -1.14. The first-order chi connectivity index (χ1) is 12.2. The predicted octanol–water partition coefficient (Wildman–Crippen LogP) is 1.25. The normalized spacial score (nSPS) is 23.6. The molecule has 3 aliphatic rings. The standard InChI is InChI=1S/C19H33N3O3/c1-25-14-4-9-20-18(23)17(15-5-2-3-6-15)21-10-12-22(13-11-21)19(24)16-7-8-16/h15-17H,2-14H2,1H3,(H,20,23)/t17-/m1/s1. The molecule has 1 aliphatic heterocycles. The summed E-state index contributed by atoms with van der Waals surface area (Å²) in [5.41, 5.74) is 0. The van der Waals surface area contributed by atoms with Gasteiger partial charge < -0.3 is 15.0 Å². The molecule has 1 atom stereocenters. The number of ether oxygens (including phenoxy) is 1. The highest BCUT2D eigenvalue weighted by molar-refractivity contribution is 5.82. The van der Waals surface area contributed by atoms with Crippen LogP contribution in [0.2, 0.25) is 0 Å². The Labute approximate surface area is 151 Å². The van der Waals surface area contributed by atoms with Gasteiger partial charge in [-0.05, 0) is 38.0 Å². The summed E-state index contributed by atoms with van der Waals surface area (Å²) >= 11 is 0. The molecule has 25 heavy (non-hydrogen) atoms. The lowest BCUT2D eigenvalue weighted by Gasteiger charge is -2.40. The Balaban J connectivity index is 1.53. The Morgan fingerprint density at radius 2 is 1.76 bits per heavy atom. The molecule has 0 bridgehead atoms. The average molecular weight is 351 g/mol. The van der Waals surface area contributed by atoms with E-state index in [2.05, 4.69) is 10.2 Å². The van der Waals surface area contributed by atoms with Gasteiger partial charge in [0.25, 0.3) is 0 Å². The molecule has 3 fully saturated rings. The maximum atomic E-state index is 12.9. The Morgan fingerprint density at radius 3 is 2.36 bits per heavy atom. The van der Waals surface area contributed by atoms with Crippen molar-refractivity contribution in [2.75, 3.05) is 46.4 Å². The molecule has 0 aromatic heterocycles. The number of hydrogen-bond acceptors (Lipinski definition) is 4. The SMILES string of the molecule is COCCCNC(=O)[C@@H](C1CCCC1)N1CCN(C(=O)C2CC2)CC1. The van der Waals surface area contributed by atoms with Gasteiger partial charge in [-0.25, -0.2) is 0 Å². The summed E-state index contributed by atoms with van der Waals surface area (Å²) in [7, 11) is 1.69. The van der Waals surface area contributed by atoms with Crippen molar-refractivity contribution in [2.45, 2.75) is 51.0 Å². The highest BCUT2D eigenvalue weighted by atomic mass is 16.5. The Morgan fingerprint density at radius 1 is 1.08 bits per heavy atom. The third-order valence-electron chi connectivity index (χ3n) is 5.89. The smallest absolute Gasteiger partial charge is 0.237 e.